The number of aromatic nitrogens is 2. The number of carbonyl (C=O) groups is 1. The summed E-state index contributed by atoms with van der Waals surface area (Å²) in [6, 6.07) is 26.1. The molecule has 0 aliphatic carbocycles. The van der Waals surface area contributed by atoms with E-state index < -0.39 is 0 Å². The average Bonchev–Trinajstić information content (AvgIpc) is 2.92. The zero-order valence-electron chi connectivity index (χ0n) is 20.2. The first-order chi connectivity index (χ1) is 17.6. The van der Waals surface area contributed by atoms with E-state index in [1.807, 2.05) is 86.6 Å². The minimum atomic E-state index is -0.177. The van der Waals surface area contributed by atoms with Crippen LogP contribution >= 0.6 is 0 Å². The number of nitrogen functional groups attached to an aromatic ring is 1. The lowest BCUT2D eigenvalue weighted by Gasteiger charge is -2.11. The molecule has 180 valence electrons. The van der Waals surface area contributed by atoms with E-state index >= 15 is 0 Å². The second-order valence-electron chi connectivity index (χ2n) is 7.73. The maximum atomic E-state index is 12.7. The number of anilines is 6. The highest BCUT2D eigenvalue weighted by atomic mass is 16.1. The third kappa shape index (κ3) is 5.95. The Kier molecular flexibility index (Phi) is 7.73. The van der Waals surface area contributed by atoms with Gasteiger partial charge < -0.3 is 21.7 Å². The van der Waals surface area contributed by atoms with Gasteiger partial charge in [-0.3, -0.25) is 14.8 Å². The summed E-state index contributed by atoms with van der Waals surface area (Å²) in [6.45, 7) is 4.00. The van der Waals surface area contributed by atoms with E-state index in [0.29, 0.717) is 16.9 Å². The van der Waals surface area contributed by atoms with Gasteiger partial charge in [0.05, 0.1) is 5.52 Å². The first-order valence-electron chi connectivity index (χ1n) is 11.7. The molecule has 0 spiro atoms. The third-order valence-corrected chi connectivity index (χ3v) is 5.30. The average molecular weight is 477 g/mol. The highest BCUT2D eigenvalue weighted by molar-refractivity contribution is 6.04. The number of hydrogen-bond acceptors (Lipinski definition) is 6. The van der Waals surface area contributed by atoms with Crippen LogP contribution in [-0.2, 0) is 0 Å². The molecule has 7 heteroatoms. The Morgan fingerprint density at radius 2 is 1.31 bits per heavy atom. The number of hydrogen-bond donors (Lipinski definition) is 4. The smallest absolute Gasteiger partial charge is 0.255 e. The Hall–Kier alpha value is -4.91. The molecule has 7 nitrogen and oxygen atoms in total. The Balaban J connectivity index is 0.00000148. The number of fused-ring (bicyclic) bond motifs is 1. The fraction of sp³-hybridized carbons (Fsp3) is 0.0690. The Bertz CT molecular complexity index is 1440. The molecule has 36 heavy (non-hydrogen) atoms. The van der Waals surface area contributed by atoms with Gasteiger partial charge in [-0.2, -0.15) is 0 Å². The molecule has 0 saturated carbocycles. The van der Waals surface area contributed by atoms with Gasteiger partial charge in [0, 0.05) is 63.7 Å². The lowest BCUT2D eigenvalue weighted by Crippen LogP contribution is -2.11. The topological polar surface area (TPSA) is 105 Å². The van der Waals surface area contributed by atoms with Gasteiger partial charge >= 0.3 is 0 Å². The molecule has 1 amide bonds. The zero-order valence-corrected chi connectivity index (χ0v) is 20.2. The number of benzene rings is 3. The first kappa shape index (κ1) is 24.2. The van der Waals surface area contributed by atoms with Gasteiger partial charge in [-0.05, 0) is 84.9 Å². The van der Waals surface area contributed by atoms with Crippen molar-refractivity contribution in [1.82, 2.24) is 9.97 Å². The van der Waals surface area contributed by atoms with E-state index in [1.165, 1.54) is 0 Å². The van der Waals surface area contributed by atoms with Crippen molar-refractivity contribution in [3.05, 3.63) is 109 Å². The van der Waals surface area contributed by atoms with Crippen LogP contribution in [0.15, 0.2) is 104 Å². The molecular weight excluding hydrogens is 448 g/mol. The molecule has 5 rings (SSSR count). The monoisotopic (exact) mass is 476 g/mol. The summed E-state index contributed by atoms with van der Waals surface area (Å²) in [5.74, 6) is -0.177. The van der Waals surface area contributed by atoms with Crippen LogP contribution in [0.4, 0.5) is 34.1 Å². The van der Waals surface area contributed by atoms with E-state index in [9.17, 15) is 4.79 Å². The number of pyridine rings is 2. The van der Waals surface area contributed by atoms with Crippen molar-refractivity contribution < 1.29 is 4.79 Å². The number of nitrogens with two attached hydrogens (primary N) is 1. The van der Waals surface area contributed by atoms with Crippen LogP contribution in [0.3, 0.4) is 0 Å². The fourth-order valence-corrected chi connectivity index (χ4v) is 3.58. The number of rotatable bonds is 6. The lowest BCUT2D eigenvalue weighted by molar-refractivity contribution is 0.102. The maximum Gasteiger partial charge on any atom is 0.255 e. The molecule has 0 aliphatic rings. The maximum absolute atomic E-state index is 12.7. The predicted octanol–water partition coefficient (Wildman–Crippen LogP) is 6.98. The Morgan fingerprint density at radius 1 is 0.694 bits per heavy atom. The molecular formula is C29H28N6O. The van der Waals surface area contributed by atoms with Crippen LogP contribution in [0.1, 0.15) is 24.2 Å². The molecule has 2 heterocycles. The van der Waals surface area contributed by atoms with Gasteiger partial charge in [-0.25, -0.2) is 0 Å². The molecule has 0 bridgehead atoms. The number of nitrogens with zero attached hydrogens (tertiary/aromatic N) is 2. The summed E-state index contributed by atoms with van der Waals surface area (Å²) in [6.07, 6.45) is 5.21. The van der Waals surface area contributed by atoms with Crippen LogP contribution in [0.2, 0.25) is 0 Å². The van der Waals surface area contributed by atoms with E-state index in [2.05, 4.69) is 25.9 Å². The predicted molar refractivity (Wildman–Crippen MR) is 149 cm³/mol. The van der Waals surface area contributed by atoms with E-state index in [4.69, 9.17) is 5.73 Å². The van der Waals surface area contributed by atoms with Crippen molar-refractivity contribution in [2.24, 2.45) is 0 Å². The summed E-state index contributed by atoms with van der Waals surface area (Å²) in [4.78, 5) is 21.1. The zero-order chi connectivity index (χ0) is 25.3. The minimum Gasteiger partial charge on any atom is -0.399 e. The SMILES string of the molecule is CC.Nc1ccc2nccc(Nc3ccc(C(=O)Nc4ccc(Nc5ccncc5)cc4)cc3)c2c1. The first-order valence-corrected chi connectivity index (χ1v) is 11.7. The Morgan fingerprint density at radius 3 is 2.03 bits per heavy atom. The highest BCUT2D eigenvalue weighted by Gasteiger charge is 2.08. The summed E-state index contributed by atoms with van der Waals surface area (Å²) in [7, 11) is 0. The molecule has 0 fully saturated rings. The van der Waals surface area contributed by atoms with Gasteiger partial charge in [0.25, 0.3) is 5.91 Å². The van der Waals surface area contributed by atoms with Crippen molar-refractivity contribution in [3.8, 4) is 0 Å². The summed E-state index contributed by atoms with van der Waals surface area (Å²) in [5, 5.41) is 10.5. The highest BCUT2D eigenvalue weighted by Crippen LogP contribution is 2.27. The van der Waals surface area contributed by atoms with Crippen molar-refractivity contribution in [3.63, 3.8) is 0 Å². The standard InChI is InChI=1S/C27H22N6O.C2H6/c28-19-3-10-25-24(17-19)26(13-16-30-25)32-21-4-1-18(2-5-21)27(34)33-22-8-6-20(7-9-22)31-23-11-14-29-15-12-23;1-2/h1-17H,28H2,(H,29,31)(H,30,32)(H,33,34);1-2H3. The molecule has 3 aromatic carbocycles. The van der Waals surface area contributed by atoms with Crippen molar-refractivity contribution in [1.29, 1.82) is 0 Å². The van der Waals surface area contributed by atoms with Gasteiger partial charge in [0.15, 0.2) is 0 Å². The summed E-state index contributed by atoms with van der Waals surface area (Å²) in [5.41, 5.74) is 12.4. The van der Waals surface area contributed by atoms with Crippen LogP contribution in [0.5, 0.6) is 0 Å². The molecule has 0 atom stereocenters. The molecule has 5 N–H and O–H groups in total. The van der Waals surface area contributed by atoms with Gasteiger partial charge in [-0.15, -0.1) is 0 Å². The fourth-order valence-electron chi connectivity index (χ4n) is 3.58. The van der Waals surface area contributed by atoms with Gasteiger partial charge in [0.2, 0.25) is 0 Å². The number of nitrogens with one attached hydrogen (secondary N) is 3. The molecule has 0 radical (unpaired) electrons. The van der Waals surface area contributed by atoms with Crippen molar-refractivity contribution in [2.75, 3.05) is 21.7 Å². The normalized spacial score (nSPS) is 10.2. The van der Waals surface area contributed by atoms with Crippen LogP contribution < -0.4 is 21.7 Å². The van der Waals surface area contributed by atoms with Gasteiger partial charge in [0.1, 0.15) is 0 Å². The number of amides is 1. The third-order valence-electron chi connectivity index (χ3n) is 5.30. The van der Waals surface area contributed by atoms with Crippen molar-refractivity contribution >= 4 is 50.9 Å². The van der Waals surface area contributed by atoms with Crippen LogP contribution in [0, 0.1) is 0 Å². The van der Waals surface area contributed by atoms with Crippen LogP contribution in [-0.4, -0.2) is 15.9 Å². The second-order valence-corrected chi connectivity index (χ2v) is 7.73. The Labute approximate surface area is 210 Å². The lowest BCUT2D eigenvalue weighted by atomic mass is 10.1. The molecule has 0 saturated heterocycles. The van der Waals surface area contributed by atoms with E-state index in [-0.39, 0.29) is 5.91 Å². The number of carbonyl (C=O) groups excluding carboxylic acids is 1. The summed E-state index contributed by atoms with van der Waals surface area (Å²) >= 11 is 0. The van der Waals surface area contributed by atoms with Gasteiger partial charge in [-0.1, -0.05) is 13.8 Å². The quantitative estimate of drug-likeness (QED) is 0.197. The molecule has 0 unspecified atom stereocenters. The summed E-state index contributed by atoms with van der Waals surface area (Å²) < 4.78 is 0. The second kappa shape index (κ2) is 11.5. The van der Waals surface area contributed by atoms with Crippen molar-refractivity contribution in [2.45, 2.75) is 13.8 Å². The van der Waals surface area contributed by atoms with E-state index in [1.54, 1.807) is 30.7 Å². The minimum absolute atomic E-state index is 0.177. The largest absolute Gasteiger partial charge is 0.399 e. The van der Waals surface area contributed by atoms with Crippen LogP contribution in [0.25, 0.3) is 10.9 Å². The molecule has 0 aliphatic heterocycles. The molecule has 2 aromatic heterocycles. The molecule has 5 aromatic rings. The van der Waals surface area contributed by atoms with E-state index in [0.717, 1.165) is 33.7 Å².